The number of carbonyl (C=O) groups excluding carboxylic acids is 1. The summed E-state index contributed by atoms with van der Waals surface area (Å²) in [5.41, 5.74) is 1.54. The average molecular weight is 333 g/mol. The molecule has 0 unspecified atom stereocenters. The SMILES string of the molecule is CCOC(=O)c1nc(Nc2cccc(Cl)c2)c2c(C)noc2n1. The number of rotatable bonds is 4. The summed E-state index contributed by atoms with van der Waals surface area (Å²) >= 11 is 5.98. The van der Waals surface area contributed by atoms with Gasteiger partial charge in [0.15, 0.2) is 0 Å². The van der Waals surface area contributed by atoms with Gasteiger partial charge in [-0.2, -0.15) is 4.98 Å². The lowest BCUT2D eigenvalue weighted by Crippen LogP contribution is -2.11. The summed E-state index contributed by atoms with van der Waals surface area (Å²) in [6.07, 6.45) is 0. The first kappa shape index (κ1) is 15.2. The van der Waals surface area contributed by atoms with Crippen LogP contribution in [0.2, 0.25) is 5.02 Å². The normalized spacial score (nSPS) is 10.7. The van der Waals surface area contributed by atoms with Crippen LogP contribution in [0.3, 0.4) is 0 Å². The third kappa shape index (κ3) is 3.09. The number of anilines is 2. The number of aromatic nitrogens is 3. The number of benzene rings is 1. The first-order chi connectivity index (χ1) is 11.1. The first-order valence-electron chi connectivity index (χ1n) is 6.92. The zero-order valence-corrected chi connectivity index (χ0v) is 13.2. The average Bonchev–Trinajstić information content (AvgIpc) is 2.89. The van der Waals surface area contributed by atoms with Crippen molar-refractivity contribution in [2.24, 2.45) is 0 Å². The van der Waals surface area contributed by atoms with E-state index in [1.54, 1.807) is 32.0 Å². The molecule has 0 bridgehead atoms. The maximum atomic E-state index is 11.9. The monoisotopic (exact) mass is 332 g/mol. The standard InChI is InChI=1S/C15H13ClN4O3/c1-3-22-15(21)13-18-12(11-8(2)20-23-14(11)19-13)17-10-6-4-5-9(16)7-10/h4-7H,3H2,1-2H3,(H,17,18,19). The van der Waals surface area contributed by atoms with Crippen LogP contribution >= 0.6 is 11.6 Å². The second-order valence-electron chi connectivity index (χ2n) is 4.70. The Labute approximate surface area is 136 Å². The lowest BCUT2D eigenvalue weighted by Gasteiger charge is -2.08. The van der Waals surface area contributed by atoms with Gasteiger partial charge in [-0.05, 0) is 32.0 Å². The molecule has 0 saturated carbocycles. The van der Waals surface area contributed by atoms with E-state index in [1.807, 2.05) is 6.07 Å². The lowest BCUT2D eigenvalue weighted by molar-refractivity contribution is 0.0512. The topological polar surface area (TPSA) is 90.1 Å². The Kier molecular flexibility index (Phi) is 4.12. The zero-order chi connectivity index (χ0) is 16.4. The highest BCUT2D eigenvalue weighted by molar-refractivity contribution is 6.30. The molecule has 0 aliphatic rings. The van der Waals surface area contributed by atoms with Crippen molar-refractivity contribution in [1.82, 2.24) is 15.1 Å². The Bertz CT molecular complexity index is 878. The molecule has 0 spiro atoms. The van der Waals surface area contributed by atoms with Crippen LogP contribution in [-0.2, 0) is 4.74 Å². The second kappa shape index (κ2) is 6.21. The Balaban J connectivity index is 2.09. The maximum absolute atomic E-state index is 11.9. The van der Waals surface area contributed by atoms with Crippen molar-refractivity contribution >= 4 is 40.2 Å². The molecule has 7 nitrogen and oxygen atoms in total. The van der Waals surface area contributed by atoms with Crippen molar-refractivity contribution in [2.75, 3.05) is 11.9 Å². The molecule has 0 fully saturated rings. The molecule has 0 saturated heterocycles. The molecule has 1 aromatic carbocycles. The predicted octanol–water partition coefficient (Wildman–Crippen LogP) is 3.50. The van der Waals surface area contributed by atoms with Crippen molar-refractivity contribution < 1.29 is 14.1 Å². The summed E-state index contributed by atoms with van der Waals surface area (Å²) in [4.78, 5) is 20.2. The van der Waals surface area contributed by atoms with Crippen LogP contribution in [0.5, 0.6) is 0 Å². The number of ether oxygens (including phenoxy) is 1. The fraction of sp³-hybridized carbons (Fsp3) is 0.200. The minimum Gasteiger partial charge on any atom is -0.460 e. The fourth-order valence-corrected chi connectivity index (χ4v) is 2.26. The van der Waals surface area contributed by atoms with Crippen LogP contribution in [0.25, 0.3) is 11.1 Å². The van der Waals surface area contributed by atoms with E-state index in [2.05, 4.69) is 20.4 Å². The van der Waals surface area contributed by atoms with Crippen molar-refractivity contribution in [3.63, 3.8) is 0 Å². The third-order valence-corrected chi connectivity index (χ3v) is 3.29. The largest absolute Gasteiger partial charge is 0.460 e. The van der Waals surface area contributed by atoms with E-state index < -0.39 is 5.97 Å². The highest BCUT2D eigenvalue weighted by Crippen LogP contribution is 2.27. The number of nitrogens with zero attached hydrogens (tertiary/aromatic N) is 3. The molecular formula is C15H13ClN4O3. The van der Waals surface area contributed by atoms with Crippen LogP contribution in [-0.4, -0.2) is 27.7 Å². The van der Waals surface area contributed by atoms with Crippen LogP contribution in [0.15, 0.2) is 28.8 Å². The number of nitrogens with one attached hydrogen (secondary N) is 1. The van der Waals surface area contributed by atoms with E-state index in [0.717, 1.165) is 0 Å². The van der Waals surface area contributed by atoms with Gasteiger partial charge in [-0.15, -0.1) is 0 Å². The van der Waals surface area contributed by atoms with E-state index in [1.165, 1.54) is 0 Å². The first-order valence-corrected chi connectivity index (χ1v) is 7.30. The summed E-state index contributed by atoms with van der Waals surface area (Å²) < 4.78 is 10.1. The van der Waals surface area contributed by atoms with E-state index in [0.29, 0.717) is 27.6 Å². The number of carbonyl (C=O) groups is 1. The molecular weight excluding hydrogens is 320 g/mol. The molecule has 0 aliphatic carbocycles. The number of hydrogen-bond acceptors (Lipinski definition) is 7. The Morgan fingerprint density at radius 3 is 2.96 bits per heavy atom. The second-order valence-corrected chi connectivity index (χ2v) is 5.14. The number of fused-ring (bicyclic) bond motifs is 1. The van der Waals surface area contributed by atoms with Crippen LogP contribution < -0.4 is 5.32 Å². The molecule has 0 atom stereocenters. The molecule has 2 aromatic heterocycles. The summed E-state index contributed by atoms with van der Waals surface area (Å²) in [6, 6.07) is 7.13. The van der Waals surface area contributed by atoms with Gasteiger partial charge in [-0.1, -0.05) is 22.8 Å². The van der Waals surface area contributed by atoms with Crippen molar-refractivity contribution in [3.8, 4) is 0 Å². The van der Waals surface area contributed by atoms with Gasteiger partial charge in [0.05, 0.1) is 12.3 Å². The number of esters is 1. The Morgan fingerprint density at radius 2 is 2.22 bits per heavy atom. The third-order valence-electron chi connectivity index (χ3n) is 3.05. The molecule has 0 amide bonds. The molecule has 1 N–H and O–H groups in total. The smallest absolute Gasteiger partial charge is 0.376 e. The van der Waals surface area contributed by atoms with Crippen LogP contribution in [0, 0.1) is 6.92 Å². The number of aryl methyl sites for hydroxylation is 1. The molecule has 8 heteroatoms. The fourth-order valence-electron chi connectivity index (χ4n) is 2.07. The minimum atomic E-state index is -0.627. The quantitative estimate of drug-likeness (QED) is 0.731. The van der Waals surface area contributed by atoms with Gasteiger partial charge in [0.1, 0.15) is 11.2 Å². The van der Waals surface area contributed by atoms with E-state index >= 15 is 0 Å². The summed E-state index contributed by atoms with van der Waals surface area (Å²) in [5, 5.41) is 8.15. The van der Waals surface area contributed by atoms with Crippen LogP contribution in [0.1, 0.15) is 23.2 Å². The molecule has 118 valence electrons. The van der Waals surface area contributed by atoms with Gasteiger partial charge in [-0.3, -0.25) is 0 Å². The summed E-state index contributed by atoms with van der Waals surface area (Å²) in [7, 11) is 0. The Morgan fingerprint density at radius 1 is 1.39 bits per heavy atom. The molecule has 3 aromatic rings. The lowest BCUT2D eigenvalue weighted by atomic mass is 10.2. The van der Waals surface area contributed by atoms with Crippen molar-refractivity contribution in [2.45, 2.75) is 13.8 Å². The zero-order valence-electron chi connectivity index (χ0n) is 12.5. The van der Waals surface area contributed by atoms with Gasteiger partial charge < -0.3 is 14.6 Å². The van der Waals surface area contributed by atoms with Gasteiger partial charge >= 0.3 is 5.97 Å². The van der Waals surface area contributed by atoms with Crippen molar-refractivity contribution in [1.29, 1.82) is 0 Å². The Hall–Kier alpha value is -2.67. The highest BCUT2D eigenvalue weighted by Gasteiger charge is 2.19. The number of hydrogen-bond donors (Lipinski definition) is 1. The van der Waals surface area contributed by atoms with Gasteiger partial charge in [0, 0.05) is 10.7 Å². The molecule has 0 aliphatic heterocycles. The van der Waals surface area contributed by atoms with E-state index in [-0.39, 0.29) is 18.1 Å². The summed E-state index contributed by atoms with van der Waals surface area (Å²) in [5.74, 6) is -0.323. The number of halogens is 1. The predicted molar refractivity (Wildman–Crippen MR) is 85.0 cm³/mol. The van der Waals surface area contributed by atoms with Crippen LogP contribution in [0.4, 0.5) is 11.5 Å². The molecule has 23 heavy (non-hydrogen) atoms. The van der Waals surface area contributed by atoms with E-state index in [4.69, 9.17) is 20.9 Å². The van der Waals surface area contributed by atoms with Gasteiger partial charge in [0.25, 0.3) is 5.71 Å². The van der Waals surface area contributed by atoms with Gasteiger partial charge in [0.2, 0.25) is 5.82 Å². The highest BCUT2D eigenvalue weighted by atomic mass is 35.5. The maximum Gasteiger partial charge on any atom is 0.376 e. The molecule has 2 heterocycles. The van der Waals surface area contributed by atoms with E-state index in [9.17, 15) is 4.79 Å². The molecule has 0 radical (unpaired) electrons. The van der Waals surface area contributed by atoms with Crippen molar-refractivity contribution in [3.05, 3.63) is 40.8 Å². The summed E-state index contributed by atoms with van der Waals surface area (Å²) in [6.45, 7) is 3.70. The minimum absolute atomic E-state index is 0.0972. The van der Waals surface area contributed by atoms with Gasteiger partial charge in [-0.25, -0.2) is 9.78 Å². The molecule has 3 rings (SSSR count).